The van der Waals surface area contributed by atoms with Gasteiger partial charge in [-0.25, -0.2) is 15.0 Å². The Balaban J connectivity index is 1.55. The number of fused-ring (bicyclic) bond motifs is 2. The predicted octanol–water partition coefficient (Wildman–Crippen LogP) is 3.88. The van der Waals surface area contributed by atoms with Gasteiger partial charge in [-0.2, -0.15) is 0 Å². The Bertz CT molecular complexity index is 1220. The molecule has 1 aliphatic rings. The molecule has 4 aromatic rings. The van der Waals surface area contributed by atoms with E-state index >= 15 is 0 Å². The van der Waals surface area contributed by atoms with Crippen molar-refractivity contribution in [3.63, 3.8) is 0 Å². The van der Waals surface area contributed by atoms with E-state index in [1.807, 2.05) is 35.0 Å². The fourth-order valence-corrected chi connectivity index (χ4v) is 3.58. The van der Waals surface area contributed by atoms with Gasteiger partial charge >= 0.3 is 0 Å². The normalized spacial score (nSPS) is 12.9. The summed E-state index contributed by atoms with van der Waals surface area (Å²) in [5, 5.41) is 3.36. The van der Waals surface area contributed by atoms with Gasteiger partial charge in [-0.05, 0) is 31.0 Å². The molecule has 3 aromatic heterocycles. The highest BCUT2D eigenvalue weighted by atomic mass is 16.5. The minimum Gasteiger partial charge on any atom is -0.493 e. The lowest BCUT2D eigenvalue weighted by Gasteiger charge is -2.17. The Morgan fingerprint density at radius 2 is 2.00 bits per heavy atom. The molecule has 0 fully saturated rings. The maximum Gasteiger partial charge on any atom is 0.216 e. The van der Waals surface area contributed by atoms with Crippen LogP contribution in [0.4, 0.5) is 11.5 Å². The first-order valence-corrected chi connectivity index (χ1v) is 9.70. The van der Waals surface area contributed by atoms with Gasteiger partial charge in [-0.3, -0.25) is 0 Å². The number of rotatable bonds is 5. The lowest BCUT2D eigenvalue weighted by Crippen LogP contribution is -2.10. The number of pyridine rings is 1. The second kappa shape index (κ2) is 7.55. The molecular formula is C22H21N5O3. The maximum absolute atomic E-state index is 5.63. The Kier molecular flexibility index (Phi) is 4.59. The number of methoxy groups -OCH3 is 2. The monoisotopic (exact) mass is 403 g/mol. The van der Waals surface area contributed by atoms with E-state index in [1.165, 1.54) is 0 Å². The van der Waals surface area contributed by atoms with Crippen LogP contribution in [0.1, 0.15) is 12.0 Å². The van der Waals surface area contributed by atoms with Crippen molar-refractivity contribution in [3.05, 3.63) is 54.6 Å². The minimum atomic E-state index is 0.636. The third kappa shape index (κ3) is 3.26. The van der Waals surface area contributed by atoms with E-state index in [1.54, 1.807) is 26.6 Å². The summed E-state index contributed by atoms with van der Waals surface area (Å²) in [7, 11) is 3.22. The van der Waals surface area contributed by atoms with Gasteiger partial charge in [-0.15, -0.1) is 0 Å². The summed E-state index contributed by atoms with van der Waals surface area (Å²) in [5.74, 6) is 2.66. The van der Waals surface area contributed by atoms with Gasteiger partial charge in [0, 0.05) is 47.7 Å². The fraction of sp³-hybridized carbons (Fsp3) is 0.227. The van der Waals surface area contributed by atoms with Crippen molar-refractivity contribution >= 4 is 17.2 Å². The number of imidazole rings is 1. The van der Waals surface area contributed by atoms with Crippen molar-refractivity contribution in [2.24, 2.45) is 0 Å². The van der Waals surface area contributed by atoms with E-state index in [-0.39, 0.29) is 0 Å². The van der Waals surface area contributed by atoms with Crippen molar-refractivity contribution < 1.29 is 14.2 Å². The summed E-state index contributed by atoms with van der Waals surface area (Å²) < 4.78 is 18.3. The summed E-state index contributed by atoms with van der Waals surface area (Å²) in [6.07, 6.45) is 9.36. The van der Waals surface area contributed by atoms with Gasteiger partial charge in [0.15, 0.2) is 23.0 Å². The second-order valence-electron chi connectivity index (χ2n) is 6.97. The molecule has 0 unspecified atom stereocenters. The molecule has 1 aliphatic heterocycles. The smallest absolute Gasteiger partial charge is 0.216 e. The van der Waals surface area contributed by atoms with Gasteiger partial charge in [0.2, 0.25) is 5.88 Å². The number of hydrogen-bond donors (Lipinski definition) is 1. The average molecular weight is 403 g/mol. The van der Waals surface area contributed by atoms with Crippen LogP contribution in [0.15, 0.2) is 49.1 Å². The first-order chi connectivity index (χ1) is 14.7. The topological polar surface area (TPSA) is 82.8 Å². The highest BCUT2D eigenvalue weighted by molar-refractivity contribution is 5.74. The third-order valence-electron chi connectivity index (χ3n) is 5.07. The Hall–Kier alpha value is -3.81. The zero-order valence-electron chi connectivity index (χ0n) is 16.8. The van der Waals surface area contributed by atoms with Crippen molar-refractivity contribution in [3.8, 4) is 28.6 Å². The van der Waals surface area contributed by atoms with Crippen molar-refractivity contribution in [2.75, 3.05) is 26.1 Å². The highest BCUT2D eigenvalue weighted by Gasteiger charge is 2.16. The quantitative estimate of drug-likeness (QED) is 0.541. The number of nitrogens with zero attached hydrogens (tertiary/aromatic N) is 4. The molecule has 0 saturated heterocycles. The summed E-state index contributed by atoms with van der Waals surface area (Å²) in [6, 6.07) is 7.73. The Labute approximate surface area is 173 Å². The molecule has 5 rings (SSSR count). The van der Waals surface area contributed by atoms with Crippen molar-refractivity contribution in [1.82, 2.24) is 19.4 Å². The second-order valence-corrected chi connectivity index (χ2v) is 6.97. The van der Waals surface area contributed by atoms with Gasteiger partial charge in [0.05, 0.1) is 26.5 Å². The molecule has 0 aliphatic carbocycles. The maximum atomic E-state index is 5.63. The van der Waals surface area contributed by atoms with Crippen LogP contribution in [0.2, 0.25) is 0 Å². The van der Waals surface area contributed by atoms with E-state index in [4.69, 9.17) is 19.2 Å². The molecule has 0 radical (unpaired) electrons. The van der Waals surface area contributed by atoms with Crippen LogP contribution < -0.4 is 19.5 Å². The zero-order chi connectivity index (χ0) is 20.5. The van der Waals surface area contributed by atoms with Gasteiger partial charge in [0.1, 0.15) is 0 Å². The molecule has 1 N–H and O–H groups in total. The van der Waals surface area contributed by atoms with Crippen LogP contribution >= 0.6 is 0 Å². The number of aryl methyl sites for hydroxylation is 1. The average Bonchev–Trinajstić information content (AvgIpc) is 3.27. The van der Waals surface area contributed by atoms with Crippen LogP contribution in [0.25, 0.3) is 16.9 Å². The molecule has 4 heterocycles. The number of hydrogen-bond acceptors (Lipinski definition) is 7. The van der Waals surface area contributed by atoms with E-state index < -0.39 is 0 Å². The molecule has 0 atom stereocenters. The van der Waals surface area contributed by atoms with Crippen molar-refractivity contribution in [1.29, 1.82) is 0 Å². The lowest BCUT2D eigenvalue weighted by molar-refractivity contribution is 0.276. The zero-order valence-corrected chi connectivity index (χ0v) is 16.8. The molecule has 0 spiro atoms. The molecular weight excluding hydrogens is 382 g/mol. The van der Waals surface area contributed by atoms with E-state index in [0.717, 1.165) is 53.5 Å². The largest absolute Gasteiger partial charge is 0.493 e. The van der Waals surface area contributed by atoms with E-state index in [0.29, 0.717) is 17.3 Å². The molecule has 0 saturated carbocycles. The summed E-state index contributed by atoms with van der Waals surface area (Å²) in [6.45, 7) is 0.720. The number of benzene rings is 1. The van der Waals surface area contributed by atoms with E-state index in [9.17, 15) is 0 Å². The Morgan fingerprint density at radius 1 is 1.10 bits per heavy atom. The Morgan fingerprint density at radius 3 is 2.87 bits per heavy atom. The summed E-state index contributed by atoms with van der Waals surface area (Å²) >= 11 is 0. The number of ether oxygens (including phenoxy) is 3. The molecule has 0 amide bonds. The highest BCUT2D eigenvalue weighted by Crippen LogP contribution is 2.33. The van der Waals surface area contributed by atoms with Crippen LogP contribution in [-0.4, -0.2) is 40.2 Å². The summed E-state index contributed by atoms with van der Waals surface area (Å²) in [5.41, 5.74) is 4.39. The molecule has 8 nitrogen and oxygen atoms in total. The third-order valence-corrected chi connectivity index (χ3v) is 5.07. The van der Waals surface area contributed by atoms with Crippen molar-refractivity contribution in [2.45, 2.75) is 12.8 Å². The van der Waals surface area contributed by atoms with Gasteiger partial charge in [0.25, 0.3) is 0 Å². The number of nitrogens with one attached hydrogen (secondary N) is 1. The van der Waals surface area contributed by atoms with Crippen LogP contribution in [0.5, 0.6) is 17.4 Å². The van der Waals surface area contributed by atoms with Gasteiger partial charge in [-0.1, -0.05) is 0 Å². The molecule has 0 bridgehead atoms. The van der Waals surface area contributed by atoms with Crippen LogP contribution in [0, 0.1) is 0 Å². The minimum absolute atomic E-state index is 0.636. The predicted molar refractivity (Wildman–Crippen MR) is 113 cm³/mol. The first-order valence-electron chi connectivity index (χ1n) is 9.70. The molecule has 152 valence electrons. The van der Waals surface area contributed by atoms with Crippen LogP contribution in [-0.2, 0) is 6.42 Å². The SMILES string of the molecule is COc1ccc(Nc2nc(-c3cnc4c(c3)CCCO4)cn3ccnc23)cc1OC. The molecule has 30 heavy (non-hydrogen) atoms. The van der Waals surface area contributed by atoms with Crippen LogP contribution in [0.3, 0.4) is 0 Å². The molecule has 1 aromatic carbocycles. The summed E-state index contributed by atoms with van der Waals surface area (Å²) in [4.78, 5) is 13.8. The standard InChI is InChI=1S/C22H21N5O3/c1-28-18-6-5-16(11-19(18)29-2)25-20-21-23-7-8-27(21)13-17(26-20)15-10-14-4-3-9-30-22(14)24-12-15/h5-8,10-13H,3-4,9H2,1-2H3,(H,25,26). The number of aromatic nitrogens is 4. The molecule has 8 heteroatoms. The van der Waals surface area contributed by atoms with E-state index in [2.05, 4.69) is 21.4 Å². The first kappa shape index (κ1) is 18.2. The lowest BCUT2D eigenvalue weighted by atomic mass is 10.1. The van der Waals surface area contributed by atoms with Gasteiger partial charge < -0.3 is 23.9 Å². The fourth-order valence-electron chi connectivity index (χ4n) is 3.58. The number of anilines is 2.